The molecule has 0 spiro atoms. The van der Waals surface area contributed by atoms with Gasteiger partial charge in [0, 0.05) is 13.3 Å². The Bertz CT molecular complexity index is 270. The molecule has 72 valence electrons. The quantitative estimate of drug-likeness (QED) is 0.789. The molecule has 13 heavy (non-hydrogen) atoms. The lowest BCUT2D eigenvalue weighted by Gasteiger charge is -2.12. The average molecular weight is 294 g/mol. The lowest BCUT2D eigenvalue weighted by atomic mass is 10.4. The second-order valence-electron chi connectivity index (χ2n) is 2.56. The van der Waals surface area contributed by atoms with E-state index in [4.69, 9.17) is 9.47 Å². The van der Waals surface area contributed by atoms with Gasteiger partial charge in [-0.25, -0.2) is 9.97 Å². The van der Waals surface area contributed by atoms with Crippen LogP contribution in [-0.4, -0.2) is 29.8 Å². The average Bonchev–Trinajstić information content (AvgIpc) is 2.09. The molecule has 1 rings (SSSR count). The smallest absolute Gasteiger partial charge is 0.230 e. The van der Waals surface area contributed by atoms with Crippen LogP contribution < -0.4 is 4.74 Å². The predicted octanol–water partition coefficient (Wildman–Crippen LogP) is 1.49. The van der Waals surface area contributed by atoms with E-state index in [2.05, 4.69) is 32.6 Å². The minimum absolute atomic E-state index is 0.00779. The molecule has 1 atom stereocenters. The summed E-state index contributed by atoms with van der Waals surface area (Å²) in [6, 6.07) is 0. The second-order valence-corrected chi connectivity index (χ2v) is 3.72. The zero-order chi connectivity index (χ0) is 9.68. The molecule has 0 bridgehead atoms. The molecule has 1 unspecified atom stereocenters. The Labute approximate surface area is 90.8 Å². The molecule has 0 amide bonds. The molecule has 0 N–H and O–H groups in total. The van der Waals surface area contributed by atoms with Crippen molar-refractivity contribution in [3.63, 3.8) is 0 Å². The van der Waals surface area contributed by atoms with E-state index in [9.17, 15) is 0 Å². The third kappa shape index (κ3) is 3.43. The van der Waals surface area contributed by atoms with Gasteiger partial charge in [-0.15, -0.1) is 0 Å². The Morgan fingerprint density at radius 3 is 3.00 bits per heavy atom. The molecule has 4 nitrogen and oxygen atoms in total. The minimum Gasteiger partial charge on any atom is -0.471 e. The summed E-state index contributed by atoms with van der Waals surface area (Å²) in [5, 5.41) is 0. The van der Waals surface area contributed by atoms with E-state index in [0.29, 0.717) is 12.5 Å². The summed E-state index contributed by atoms with van der Waals surface area (Å²) in [4.78, 5) is 7.87. The Balaban J connectivity index is 2.58. The van der Waals surface area contributed by atoms with Gasteiger partial charge >= 0.3 is 0 Å². The van der Waals surface area contributed by atoms with Gasteiger partial charge in [0.15, 0.2) is 0 Å². The van der Waals surface area contributed by atoms with Crippen LogP contribution >= 0.6 is 22.6 Å². The lowest BCUT2D eigenvalue weighted by Crippen LogP contribution is -2.19. The van der Waals surface area contributed by atoms with E-state index < -0.39 is 0 Å². The maximum atomic E-state index is 5.50. The van der Waals surface area contributed by atoms with E-state index in [1.807, 2.05) is 6.92 Å². The number of halogens is 1. The van der Waals surface area contributed by atoms with Gasteiger partial charge in [-0.3, -0.25) is 0 Å². The Hall–Kier alpha value is -0.430. The van der Waals surface area contributed by atoms with Crippen molar-refractivity contribution >= 4 is 22.6 Å². The highest BCUT2D eigenvalue weighted by atomic mass is 127. The van der Waals surface area contributed by atoms with Crippen molar-refractivity contribution in [1.82, 2.24) is 9.97 Å². The van der Waals surface area contributed by atoms with E-state index in [1.54, 1.807) is 13.3 Å². The molecular formula is C8H11IN2O2. The molecule has 1 heterocycles. The van der Waals surface area contributed by atoms with Gasteiger partial charge in [0.2, 0.25) is 5.88 Å². The van der Waals surface area contributed by atoms with E-state index >= 15 is 0 Å². The van der Waals surface area contributed by atoms with Crippen LogP contribution in [-0.2, 0) is 4.74 Å². The SMILES string of the molecule is COCC(C)Oc1ncncc1I. The van der Waals surface area contributed by atoms with Crippen molar-refractivity contribution in [3.8, 4) is 5.88 Å². The third-order valence-electron chi connectivity index (χ3n) is 1.35. The molecule has 5 heteroatoms. The van der Waals surface area contributed by atoms with Crippen LogP contribution in [0.4, 0.5) is 0 Å². The van der Waals surface area contributed by atoms with E-state index in [0.717, 1.165) is 3.57 Å². The summed E-state index contributed by atoms with van der Waals surface area (Å²) in [6.45, 7) is 2.49. The summed E-state index contributed by atoms with van der Waals surface area (Å²) in [7, 11) is 1.64. The van der Waals surface area contributed by atoms with Crippen LogP contribution in [0.25, 0.3) is 0 Å². The maximum absolute atomic E-state index is 5.50. The Morgan fingerprint density at radius 2 is 2.38 bits per heavy atom. The van der Waals surface area contributed by atoms with Gasteiger partial charge in [0.1, 0.15) is 12.4 Å². The maximum Gasteiger partial charge on any atom is 0.230 e. The summed E-state index contributed by atoms with van der Waals surface area (Å²) in [5.74, 6) is 0.611. The topological polar surface area (TPSA) is 44.2 Å². The fourth-order valence-electron chi connectivity index (χ4n) is 0.847. The van der Waals surface area contributed by atoms with E-state index in [1.165, 1.54) is 6.33 Å². The number of aromatic nitrogens is 2. The minimum atomic E-state index is 0.00779. The third-order valence-corrected chi connectivity index (χ3v) is 2.09. The molecule has 0 fully saturated rings. The molecule has 0 aliphatic rings. The summed E-state index contributed by atoms with van der Waals surface area (Å²) in [6.07, 6.45) is 3.19. The number of rotatable bonds is 4. The highest BCUT2D eigenvalue weighted by Gasteiger charge is 2.07. The van der Waals surface area contributed by atoms with Crippen LogP contribution in [0, 0.1) is 3.57 Å². The molecule has 1 aromatic rings. The van der Waals surface area contributed by atoms with Crippen LogP contribution in [0.1, 0.15) is 6.92 Å². The molecular weight excluding hydrogens is 283 g/mol. The highest BCUT2D eigenvalue weighted by Crippen LogP contribution is 2.16. The van der Waals surface area contributed by atoms with Gasteiger partial charge in [0.25, 0.3) is 0 Å². The van der Waals surface area contributed by atoms with Gasteiger partial charge in [-0.05, 0) is 29.5 Å². The van der Waals surface area contributed by atoms with Crippen molar-refractivity contribution in [2.24, 2.45) is 0 Å². The van der Waals surface area contributed by atoms with Crippen molar-refractivity contribution in [3.05, 3.63) is 16.1 Å². The predicted molar refractivity (Wildman–Crippen MR) is 56.7 cm³/mol. The molecule has 0 aliphatic carbocycles. The van der Waals surface area contributed by atoms with Crippen molar-refractivity contribution in [2.45, 2.75) is 13.0 Å². The van der Waals surface area contributed by atoms with Crippen LogP contribution in [0.3, 0.4) is 0 Å². The Morgan fingerprint density at radius 1 is 1.62 bits per heavy atom. The van der Waals surface area contributed by atoms with Crippen LogP contribution in [0.2, 0.25) is 0 Å². The van der Waals surface area contributed by atoms with E-state index in [-0.39, 0.29) is 6.10 Å². The van der Waals surface area contributed by atoms with Crippen molar-refractivity contribution < 1.29 is 9.47 Å². The van der Waals surface area contributed by atoms with Gasteiger partial charge in [-0.1, -0.05) is 0 Å². The van der Waals surface area contributed by atoms with Crippen LogP contribution in [0.5, 0.6) is 5.88 Å². The monoisotopic (exact) mass is 294 g/mol. The first kappa shape index (κ1) is 10.6. The first-order valence-electron chi connectivity index (χ1n) is 3.85. The van der Waals surface area contributed by atoms with Gasteiger partial charge in [0.05, 0.1) is 10.2 Å². The number of methoxy groups -OCH3 is 1. The zero-order valence-electron chi connectivity index (χ0n) is 7.53. The van der Waals surface area contributed by atoms with Crippen LogP contribution in [0.15, 0.2) is 12.5 Å². The fourth-order valence-corrected chi connectivity index (χ4v) is 1.27. The van der Waals surface area contributed by atoms with Crippen molar-refractivity contribution in [1.29, 1.82) is 0 Å². The number of nitrogens with zero attached hydrogens (tertiary/aromatic N) is 2. The Kier molecular flexibility index (Phi) is 4.37. The molecule has 0 aliphatic heterocycles. The summed E-state index contributed by atoms with van der Waals surface area (Å²) in [5.41, 5.74) is 0. The first-order chi connectivity index (χ1) is 6.24. The second kappa shape index (κ2) is 5.33. The molecule has 0 saturated carbocycles. The molecule has 0 radical (unpaired) electrons. The standard InChI is InChI=1S/C8H11IN2O2/c1-6(4-12-2)13-8-7(9)3-10-5-11-8/h3,5-6H,4H2,1-2H3. The lowest BCUT2D eigenvalue weighted by molar-refractivity contribution is 0.0882. The number of ether oxygens (including phenoxy) is 2. The normalized spacial score (nSPS) is 12.5. The zero-order valence-corrected chi connectivity index (χ0v) is 9.69. The van der Waals surface area contributed by atoms with Crippen molar-refractivity contribution in [2.75, 3.05) is 13.7 Å². The van der Waals surface area contributed by atoms with Gasteiger partial charge in [-0.2, -0.15) is 0 Å². The first-order valence-corrected chi connectivity index (χ1v) is 4.93. The molecule has 1 aromatic heterocycles. The highest BCUT2D eigenvalue weighted by molar-refractivity contribution is 14.1. The number of hydrogen-bond acceptors (Lipinski definition) is 4. The molecule has 0 aromatic carbocycles. The largest absolute Gasteiger partial charge is 0.471 e. The van der Waals surface area contributed by atoms with Gasteiger partial charge < -0.3 is 9.47 Å². The summed E-state index contributed by atoms with van der Waals surface area (Å²) >= 11 is 2.13. The fraction of sp³-hybridized carbons (Fsp3) is 0.500. The molecule has 0 saturated heterocycles. The number of hydrogen-bond donors (Lipinski definition) is 0. The summed E-state index contributed by atoms with van der Waals surface area (Å²) < 4.78 is 11.4.